The number of benzene rings is 1. The van der Waals surface area contributed by atoms with Gasteiger partial charge in [0.15, 0.2) is 5.41 Å². The number of carbonyl (C=O) groups excluding carboxylic acids is 1. The third kappa shape index (κ3) is 4.29. The zero-order valence-electron chi connectivity index (χ0n) is 15.8. The predicted molar refractivity (Wildman–Crippen MR) is 98.1 cm³/mol. The minimum atomic E-state index is -4.53. The molecule has 0 radical (unpaired) electrons. The first-order valence-electron chi connectivity index (χ1n) is 9.63. The molecule has 0 saturated carbocycles. The van der Waals surface area contributed by atoms with Crippen molar-refractivity contribution in [1.82, 2.24) is 15.1 Å². The minimum absolute atomic E-state index is 0.154. The molecule has 27 heavy (non-hydrogen) atoms. The van der Waals surface area contributed by atoms with Crippen LogP contribution >= 0.6 is 0 Å². The Morgan fingerprint density at radius 2 is 1.85 bits per heavy atom. The van der Waals surface area contributed by atoms with Crippen LogP contribution in [-0.2, 0) is 11.3 Å². The second kappa shape index (κ2) is 8.19. The quantitative estimate of drug-likeness (QED) is 0.849. The van der Waals surface area contributed by atoms with Gasteiger partial charge in [-0.05, 0) is 50.9 Å². The molecule has 2 aliphatic rings. The van der Waals surface area contributed by atoms with Crippen LogP contribution in [0.1, 0.15) is 24.8 Å². The van der Waals surface area contributed by atoms with Crippen LogP contribution in [0.15, 0.2) is 30.3 Å². The molecule has 2 saturated heterocycles. The molecule has 1 N–H and O–H groups in total. The molecule has 0 aromatic heterocycles. The van der Waals surface area contributed by atoms with Gasteiger partial charge in [0, 0.05) is 26.2 Å². The highest BCUT2D eigenvalue weighted by Gasteiger charge is 2.64. The molecule has 1 atom stereocenters. The molecule has 1 aromatic carbocycles. The van der Waals surface area contributed by atoms with Gasteiger partial charge in [0.2, 0.25) is 5.91 Å². The van der Waals surface area contributed by atoms with Crippen molar-refractivity contribution in [3.05, 3.63) is 35.9 Å². The maximum atomic E-state index is 14.0. The molecule has 1 unspecified atom stereocenters. The SMILES string of the molecule is CNCC1CCN(C(=O)C2(C(F)(F)F)CCN(Cc3ccccc3)C2)CC1. The highest BCUT2D eigenvalue weighted by Crippen LogP contribution is 2.47. The Morgan fingerprint density at radius 1 is 1.19 bits per heavy atom. The number of hydrogen-bond donors (Lipinski definition) is 1. The van der Waals surface area contributed by atoms with E-state index in [-0.39, 0.29) is 19.5 Å². The van der Waals surface area contributed by atoms with Crippen LogP contribution in [0.4, 0.5) is 13.2 Å². The smallest absolute Gasteiger partial charge is 0.342 e. The Kier molecular flexibility index (Phi) is 6.11. The van der Waals surface area contributed by atoms with Gasteiger partial charge < -0.3 is 10.2 Å². The van der Waals surface area contributed by atoms with Crippen molar-refractivity contribution in [3.63, 3.8) is 0 Å². The summed E-state index contributed by atoms with van der Waals surface area (Å²) >= 11 is 0. The molecule has 0 bridgehead atoms. The lowest BCUT2D eigenvalue weighted by atomic mass is 9.83. The minimum Gasteiger partial charge on any atom is -0.342 e. The Hall–Kier alpha value is -1.60. The van der Waals surface area contributed by atoms with Gasteiger partial charge >= 0.3 is 6.18 Å². The number of carbonyl (C=O) groups is 1. The average Bonchev–Trinajstić information content (AvgIpc) is 3.08. The lowest BCUT2D eigenvalue weighted by molar-refractivity contribution is -0.224. The van der Waals surface area contributed by atoms with Crippen LogP contribution in [0.25, 0.3) is 0 Å². The van der Waals surface area contributed by atoms with Crippen LogP contribution in [-0.4, -0.2) is 61.7 Å². The van der Waals surface area contributed by atoms with Gasteiger partial charge in [0.1, 0.15) is 0 Å². The fraction of sp³-hybridized carbons (Fsp3) is 0.650. The van der Waals surface area contributed by atoms with E-state index >= 15 is 0 Å². The van der Waals surface area contributed by atoms with Gasteiger partial charge in [0.05, 0.1) is 0 Å². The number of piperidine rings is 1. The highest BCUT2D eigenvalue weighted by molar-refractivity contribution is 5.84. The van der Waals surface area contributed by atoms with Crippen molar-refractivity contribution in [1.29, 1.82) is 0 Å². The van der Waals surface area contributed by atoms with E-state index in [0.29, 0.717) is 25.6 Å². The topological polar surface area (TPSA) is 35.6 Å². The molecule has 1 amide bonds. The number of rotatable bonds is 5. The maximum Gasteiger partial charge on any atom is 0.404 e. The summed E-state index contributed by atoms with van der Waals surface area (Å²) in [5.41, 5.74) is -1.30. The summed E-state index contributed by atoms with van der Waals surface area (Å²) in [7, 11) is 1.87. The highest BCUT2D eigenvalue weighted by atomic mass is 19.4. The normalized spacial score (nSPS) is 25.1. The monoisotopic (exact) mass is 383 g/mol. The predicted octanol–water partition coefficient (Wildman–Crippen LogP) is 2.90. The molecular weight excluding hydrogens is 355 g/mol. The van der Waals surface area contributed by atoms with E-state index in [9.17, 15) is 18.0 Å². The Bertz CT molecular complexity index is 629. The third-order valence-corrected chi connectivity index (χ3v) is 5.94. The van der Waals surface area contributed by atoms with E-state index in [1.165, 1.54) is 4.90 Å². The average molecular weight is 383 g/mol. The molecule has 3 rings (SSSR count). The number of nitrogens with zero attached hydrogens (tertiary/aromatic N) is 2. The van der Waals surface area contributed by atoms with E-state index in [4.69, 9.17) is 0 Å². The van der Waals surface area contributed by atoms with Gasteiger partial charge in [-0.3, -0.25) is 9.69 Å². The van der Waals surface area contributed by atoms with E-state index < -0.39 is 17.5 Å². The van der Waals surface area contributed by atoms with Gasteiger partial charge in [-0.1, -0.05) is 30.3 Å². The van der Waals surface area contributed by atoms with Crippen LogP contribution in [0.5, 0.6) is 0 Å². The summed E-state index contributed by atoms with van der Waals surface area (Å²) in [4.78, 5) is 16.2. The van der Waals surface area contributed by atoms with E-state index in [2.05, 4.69) is 5.32 Å². The lowest BCUT2D eigenvalue weighted by Crippen LogP contribution is -2.55. The van der Waals surface area contributed by atoms with Crippen LogP contribution < -0.4 is 5.32 Å². The van der Waals surface area contributed by atoms with Gasteiger partial charge in [-0.2, -0.15) is 13.2 Å². The molecule has 150 valence electrons. The number of halogens is 3. The van der Waals surface area contributed by atoms with E-state index in [0.717, 1.165) is 24.9 Å². The largest absolute Gasteiger partial charge is 0.404 e. The van der Waals surface area contributed by atoms with Crippen molar-refractivity contribution >= 4 is 5.91 Å². The molecule has 7 heteroatoms. The molecule has 4 nitrogen and oxygen atoms in total. The van der Waals surface area contributed by atoms with Gasteiger partial charge in [-0.25, -0.2) is 0 Å². The van der Waals surface area contributed by atoms with Crippen molar-refractivity contribution in [2.24, 2.45) is 11.3 Å². The number of likely N-dealkylation sites (tertiary alicyclic amines) is 2. The molecule has 2 aliphatic heterocycles. The molecule has 0 aliphatic carbocycles. The number of alkyl halides is 3. The van der Waals surface area contributed by atoms with Gasteiger partial charge in [-0.15, -0.1) is 0 Å². The Labute approximate surface area is 158 Å². The molecule has 1 aromatic rings. The fourth-order valence-electron chi connectivity index (χ4n) is 4.32. The summed E-state index contributed by atoms with van der Waals surface area (Å²) in [6.45, 7) is 2.16. The zero-order valence-corrected chi connectivity index (χ0v) is 15.8. The first kappa shape index (κ1) is 20.1. The Morgan fingerprint density at radius 3 is 2.44 bits per heavy atom. The lowest BCUT2D eigenvalue weighted by Gasteiger charge is -2.39. The molecule has 2 heterocycles. The molecule has 2 fully saturated rings. The maximum absolute atomic E-state index is 14.0. The van der Waals surface area contributed by atoms with E-state index in [1.54, 1.807) is 4.90 Å². The summed E-state index contributed by atoms with van der Waals surface area (Å²) in [6, 6.07) is 9.45. The fourth-order valence-corrected chi connectivity index (χ4v) is 4.32. The summed E-state index contributed by atoms with van der Waals surface area (Å²) < 4.78 is 42.1. The summed E-state index contributed by atoms with van der Waals surface area (Å²) in [5, 5.41) is 3.11. The second-order valence-corrected chi connectivity index (χ2v) is 7.82. The number of hydrogen-bond acceptors (Lipinski definition) is 3. The van der Waals surface area contributed by atoms with Crippen molar-refractivity contribution in [3.8, 4) is 0 Å². The third-order valence-electron chi connectivity index (χ3n) is 5.94. The molecular formula is C20H28F3N3O. The Balaban J connectivity index is 1.70. The van der Waals surface area contributed by atoms with Crippen LogP contribution in [0.2, 0.25) is 0 Å². The van der Waals surface area contributed by atoms with Crippen LogP contribution in [0, 0.1) is 11.3 Å². The van der Waals surface area contributed by atoms with Crippen LogP contribution in [0.3, 0.4) is 0 Å². The summed E-state index contributed by atoms with van der Waals surface area (Å²) in [5.74, 6) is -0.299. The van der Waals surface area contributed by atoms with E-state index in [1.807, 2.05) is 37.4 Å². The first-order valence-corrected chi connectivity index (χ1v) is 9.63. The molecule has 0 spiro atoms. The van der Waals surface area contributed by atoms with Crippen molar-refractivity contribution < 1.29 is 18.0 Å². The standard InChI is InChI=1S/C20H28F3N3O/c1-24-13-16-7-10-26(11-8-16)18(27)19(20(21,22)23)9-12-25(15-19)14-17-5-3-2-4-6-17/h2-6,16,24H,7-15H2,1H3. The van der Waals surface area contributed by atoms with Gasteiger partial charge in [0.25, 0.3) is 0 Å². The number of nitrogens with one attached hydrogen (secondary N) is 1. The first-order chi connectivity index (χ1) is 12.9. The van der Waals surface area contributed by atoms with Crippen molar-refractivity contribution in [2.45, 2.75) is 32.0 Å². The van der Waals surface area contributed by atoms with Crippen molar-refractivity contribution in [2.75, 3.05) is 39.8 Å². The number of amides is 1. The second-order valence-electron chi connectivity index (χ2n) is 7.82. The zero-order chi connectivity index (χ0) is 19.5. The summed E-state index contributed by atoms with van der Waals surface area (Å²) in [6.07, 6.45) is -3.17.